The first kappa shape index (κ1) is 31.9. The van der Waals surface area contributed by atoms with E-state index in [0.29, 0.717) is 0 Å². The number of nitrogens with zero attached hydrogens (tertiary/aromatic N) is 1. The Morgan fingerprint density at radius 3 is 2.42 bits per heavy atom. The van der Waals surface area contributed by atoms with Gasteiger partial charge in [-0.1, -0.05) is 18.2 Å². The van der Waals surface area contributed by atoms with E-state index >= 15 is 0 Å². The second kappa shape index (κ2) is 15.2. The Kier molecular flexibility index (Phi) is 12.8. The molecule has 0 aliphatic carbocycles. The summed E-state index contributed by atoms with van der Waals surface area (Å²) in [5.41, 5.74) is 4.68. The third kappa shape index (κ3) is 11.3. The largest absolute Gasteiger partial charge is 0.508 e. The zero-order valence-corrected chi connectivity index (χ0v) is 22.3. The van der Waals surface area contributed by atoms with Gasteiger partial charge >= 0.3 is 12.1 Å². The monoisotopic (exact) mass is 534 g/mol. The average Bonchev–Trinajstić information content (AvgIpc) is 2.80. The number of phenols is 1. The van der Waals surface area contributed by atoms with E-state index in [1.165, 1.54) is 24.3 Å². The lowest BCUT2D eigenvalue weighted by Gasteiger charge is -2.33. The summed E-state index contributed by atoms with van der Waals surface area (Å²) in [6, 6.07) is 3.20. The number of carbonyl (C=O) groups excluding carboxylic acids is 5. The van der Waals surface area contributed by atoms with Crippen LogP contribution in [0.25, 0.3) is 0 Å². The van der Waals surface area contributed by atoms with Crippen LogP contribution in [0.1, 0.15) is 58.6 Å². The minimum absolute atomic E-state index is 0.0651. The smallest absolute Gasteiger partial charge is 0.408 e. The number of primary amides is 1. The molecule has 0 heterocycles. The highest BCUT2D eigenvalue weighted by Crippen LogP contribution is 2.26. The van der Waals surface area contributed by atoms with E-state index in [-0.39, 0.29) is 50.3 Å². The van der Waals surface area contributed by atoms with Crippen LogP contribution in [0.3, 0.4) is 0 Å². The number of hydrogen-bond donors (Lipinski definition) is 4. The van der Waals surface area contributed by atoms with Crippen molar-refractivity contribution >= 4 is 29.8 Å². The van der Waals surface area contributed by atoms with Crippen LogP contribution in [0.2, 0.25) is 0 Å². The number of amides is 4. The Labute approximate surface area is 222 Å². The highest BCUT2D eigenvalue weighted by atomic mass is 16.6. The summed E-state index contributed by atoms with van der Waals surface area (Å²) in [5, 5.41) is 15.1. The fourth-order valence-electron chi connectivity index (χ4n) is 3.44. The molecule has 4 amide bonds. The van der Waals surface area contributed by atoms with Crippen LogP contribution in [-0.4, -0.2) is 71.1 Å². The average molecular weight is 535 g/mol. The lowest BCUT2D eigenvalue weighted by atomic mass is 10.0. The lowest BCUT2D eigenvalue weighted by Crippen LogP contribution is -2.53. The Morgan fingerprint density at radius 2 is 1.87 bits per heavy atom. The van der Waals surface area contributed by atoms with Crippen LogP contribution >= 0.6 is 0 Å². The van der Waals surface area contributed by atoms with Gasteiger partial charge in [0.25, 0.3) is 0 Å². The third-order valence-electron chi connectivity index (χ3n) is 4.96. The number of esters is 1. The maximum atomic E-state index is 13.8. The lowest BCUT2D eigenvalue weighted by molar-refractivity contribution is -0.144. The molecule has 5 N–H and O–H groups in total. The first-order valence-corrected chi connectivity index (χ1v) is 12.2. The number of rotatable bonds is 14. The molecule has 38 heavy (non-hydrogen) atoms. The molecule has 1 aromatic rings. The quantitative estimate of drug-likeness (QED) is 0.206. The van der Waals surface area contributed by atoms with Gasteiger partial charge in [-0.25, -0.2) is 4.79 Å². The number of benzene rings is 1. The Morgan fingerprint density at radius 1 is 1.18 bits per heavy atom. The second-order valence-corrected chi connectivity index (χ2v) is 9.33. The maximum absolute atomic E-state index is 13.8. The fourth-order valence-corrected chi connectivity index (χ4v) is 3.44. The molecule has 0 aliphatic heterocycles. The standard InChI is InChI=1S/C26H38N4O8/c1-6-15-30(24(35)19(11-12-20(27)32)29-25(36)38-26(3,4)5)22(17-9-8-10-18(31)16-17)23(34)28-14-13-21(33)37-7-2/h6,8-10,16,19,22,31H,1,7,11-15H2,2-5H3,(H2,27,32)(H,28,34)(H,29,36). The van der Waals surface area contributed by atoms with Crippen LogP contribution in [0.4, 0.5) is 4.79 Å². The van der Waals surface area contributed by atoms with Crippen molar-refractivity contribution in [3.8, 4) is 5.75 Å². The van der Waals surface area contributed by atoms with Crippen molar-refractivity contribution in [2.45, 2.75) is 64.6 Å². The van der Waals surface area contributed by atoms with Crippen LogP contribution in [0.5, 0.6) is 5.75 Å². The molecule has 12 nitrogen and oxygen atoms in total. The van der Waals surface area contributed by atoms with Crippen LogP contribution in [0.15, 0.2) is 36.9 Å². The van der Waals surface area contributed by atoms with Crippen molar-refractivity contribution in [2.24, 2.45) is 5.73 Å². The SMILES string of the molecule is C=CCN(C(=O)C(CCC(N)=O)NC(=O)OC(C)(C)C)C(C(=O)NCCC(=O)OCC)c1cccc(O)c1. The van der Waals surface area contributed by atoms with Crippen LogP contribution in [0, 0.1) is 0 Å². The Hall–Kier alpha value is -4.09. The van der Waals surface area contributed by atoms with Gasteiger partial charge in [-0.2, -0.15) is 0 Å². The predicted octanol–water partition coefficient (Wildman–Crippen LogP) is 1.68. The molecule has 0 fully saturated rings. The van der Waals surface area contributed by atoms with Gasteiger partial charge in [-0.15, -0.1) is 6.58 Å². The molecule has 1 rings (SSSR count). The van der Waals surface area contributed by atoms with Crippen LogP contribution < -0.4 is 16.4 Å². The normalized spacial score (nSPS) is 12.4. The maximum Gasteiger partial charge on any atom is 0.408 e. The number of hydrogen-bond acceptors (Lipinski definition) is 8. The van der Waals surface area contributed by atoms with Crippen molar-refractivity contribution in [1.82, 2.24) is 15.5 Å². The summed E-state index contributed by atoms with van der Waals surface area (Å²) in [4.78, 5) is 63.9. The van der Waals surface area contributed by atoms with Gasteiger partial charge in [0.2, 0.25) is 17.7 Å². The molecule has 1 aromatic carbocycles. The van der Waals surface area contributed by atoms with Gasteiger partial charge in [0, 0.05) is 19.5 Å². The summed E-state index contributed by atoms with van der Waals surface area (Å²) in [6.45, 7) is 10.3. The number of carbonyl (C=O) groups is 5. The van der Waals surface area contributed by atoms with E-state index in [1.807, 2.05) is 0 Å². The molecule has 0 spiro atoms. The third-order valence-corrected chi connectivity index (χ3v) is 4.96. The fraction of sp³-hybridized carbons (Fsp3) is 0.500. The van der Waals surface area contributed by atoms with Gasteiger partial charge in [0.1, 0.15) is 23.4 Å². The van der Waals surface area contributed by atoms with E-state index in [1.54, 1.807) is 33.8 Å². The molecule has 0 aromatic heterocycles. The zero-order valence-electron chi connectivity index (χ0n) is 22.3. The second-order valence-electron chi connectivity index (χ2n) is 9.33. The van der Waals surface area contributed by atoms with E-state index in [9.17, 15) is 29.1 Å². The first-order valence-electron chi connectivity index (χ1n) is 12.2. The molecule has 0 radical (unpaired) electrons. The van der Waals surface area contributed by atoms with Gasteiger partial charge in [-0.05, 0) is 51.8 Å². The minimum Gasteiger partial charge on any atom is -0.508 e. The molecule has 12 heteroatoms. The number of aromatic hydroxyl groups is 1. The Balaban J connectivity index is 3.37. The van der Waals surface area contributed by atoms with Crippen molar-refractivity contribution in [1.29, 1.82) is 0 Å². The summed E-state index contributed by atoms with van der Waals surface area (Å²) in [5.74, 6) is -2.71. The van der Waals surface area contributed by atoms with E-state index in [4.69, 9.17) is 15.2 Å². The summed E-state index contributed by atoms with van der Waals surface area (Å²) in [6.07, 6.45) is 0.0164. The minimum atomic E-state index is -1.29. The van der Waals surface area contributed by atoms with Gasteiger partial charge in [0.05, 0.1) is 13.0 Å². The number of alkyl carbamates (subject to hydrolysis) is 1. The van der Waals surface area contributed by atoms with Gasteiger partial charge in [-0.3, -0.25) is 19.2 Å². The van der Waals surface area contributed by atoms with E-state index in [0.717, 1.165) is 4.90 Å². The molecule has 0 saturated heterocycles. The number of ether oxygens (including phenoxy) is 2. The molecular weight excluding hydrogens is 496 g/mol. The van der Waals surface area contributed by atoms with E-state index < -0.39 is 47.5 Å². The van der Waals surface area contributed by atoms with Crippen LogP contribution in [-0.2, 0) is 28.7 Å². The highest BCUT2D eigenvalue weighted by molar-refractivity contribution is 5.92. The van der Waals surface area contributed by atoms with Crippen molar-refractivity contribution in [3.63, 3.8) is 0 Å². The molecule has 0 saturated carbocycles. The highest BCUT2D eigenvalue weighted by Gasteiger charge is 2.36. The summed E-state index contributed by atoms with van der Waals surface area (Å²) < 4.78 is 10.1. The van der Waals surface area contributed by atoms with Gasteiger partial charge in [0.15, 0.2) is 0 Å². The zero-order chi connectivity index (χ0) is 28.9. The molecular formula is C26H38N4O8. The molecule has 2 atom stereocenters. The summed E-state index contributed by atoms with van der Waals surface area (Å²) >= 11 is 0. The van der Waals surface area contributed by atoms with Gasteiger partial charge < -0.3 is 35.8 Å². The summed E-state index contributed by atoms with van der Waals surface area (Å²) in [7, 11) is 0. The molecule has 0 aliphatic rings. The topological polar surface area (TPSA) is 177 Å². The van der Waals surface area contributed by atoms with E-state index in [2.05, 4.69) is 17.2 Å². The molecule has 0 bridgehead atoms. The number of nitrogens with two attached hydrogens (primary N) is 1. The number of nitrogens with one attached hydrogen (secondary N) is 2. The molecule has 210 valence electrons. The van der Waals surface area contributed by atoms with Crippen molar-refractivity contribution < 1.29 is 38.6 Å². The predicted molar refractivity (Wildman–Crippen MR) is 139 cm³/mol. The molecule has 2 unspecified atom stereocenters. The first-order chi connectivity index (χ1) is 17.8. The Bertz CT molecular complexity index is 1010. The van der Waals surface area contributed by atoms with Crippen molar-refractivity contribution in [2.75, 3.05) is 19.7 Å². The van der Waals surface area contributed by atoms with Crippen molar-refractivity contribution in [3.05, 3.63) is 42.5 Å². The number of phenolic OH excluding ortho intramolecular Hbond substituents is 1.